The van der Waals surface area contributed by atoms with Crippen molar-refractivity contribution < 1.29 is 19.1 Å². The fourth-order valence-electron chi connectivity index (χ4n) is 5.08. The van der Waals surface area contributed by atoms with Crippen LogP contribution in [-0.4, -0.2) is 53.5 Å². The fraction of sp³-hybridized carbons (Fsp3) is 0.481. The van der Waals surface area contributed by atoms with Crippen LogP contribution in [0.4, 0.5) is 0 Å². The van der Waals surface area contributed by atoms with Crippen LogP contribution in [0.15, 0.2) is 58.4 Å². The Balaban J connectivity index is 1.32. The second kappa shape index (κ2) is 12.3. The average molecular weight is 483 g/mol. The number of benzene rings is 1. The summed E-state index contributed by atoms with van der Waals surface area (Å²) >= 11 is 1.81. The van der Waals surface area contributed by atoms with Gasteiger partial charge in [0, 0.05) is 41.7 Å². The molecule has 0 radical (unpaired) electrons. The van der Waals surface area contributed by atoms with Gasteiger partial charge in [-0.3, -0.25) is 9.78 Å². The zero-order valence-electron chi connectivity index (χ0n) is 19.8. The number of pyridine rings is 1. The van der Waals surface area contributed by atoms with Gasteiger partial charge in [-0.2, -0.15) is 0 Å². The van der Waals surface area contributed by atoms with Gasteiger partial charge in [0.25, 0.3) is 0 Å². The van der Waals surface area contributed by atoms with Crippen LogP contribution in [0.1, 0.15) is 37.7 Å². The highest BCUT2D eigenvalue weighted by molar-refractivity contribution is 7.99. The molecule has 0 amide bonds. The summed E-state index contributed by atoms with van der Waals surface area (Å²) in [4.78, 5) is 19.4. The molecule has 1 aromatic carbocycles. The number of likely N-dealkylation sites (tertiary alicyclic amines) is 1. The fourth-order valence-corrected chi connectivity index (χ4v) is 5.94. The van der Waals surface area contributed by atoms with Crippen molar-refractivity contribution in [3.05, 3.63) is 54.6 Å². The number of piperidine rings is 1. The third kappa shape index (κ3) is 6.76. The molecule has 3 aromatic rings. The summed E-state index contributed by atoms with van der Waals surface area (Å²) in [6, 6.07) is 10.2. The number of aryl methyl sites for hydroxylation is 1. The molecule has 2 atom stereocenters. The van der Waals surface area contributed by atoms with E-state index in [1.165, 1.54) is 10.5 Å². The van der Waals surface area contributed by atoms with Crippen LogP contribution in [0, 0.1) is 11.8 Å². The summed E-state index contributed by atoms with van der Waals surface area (Å²) in [5.74, 6) is 2.21. The number of aliphatic carboxylic acids is 1. The van der Waals surface area contributed by atoms with E-state index in [1.807, 2.05) is 36.2 Å². The molecule has 0 saturated carbocycles. The molecule has 2 aromatic heterocycles. The highest BCUT2D eigenvalue weighted by Gasteiger charge is 2.29. The van der Waals surface area contributed by atoms with Crippen molar-refractivity contribution in [3.8, 4) is 5.75 Å². The number of rotatable bonds is 12. The molecule has 0 bridgehead atoms. The van der Waals surface area contributed by atoms with Crippen LogP contribution in [0.2, 0.25) is 0 Å². The predicted octanol–water partition coefficient (Wildman–Crippen LogP) is 5.75. The molecule has 182 valence electrons. The highest BCUT2D eigenvalue weighted by atomic mass is 32.2. The number of fused-ring (bicyclic) bond motifs is 1. The van der Waals surface area contributed by atoms with Gasteiger partial charge in [0.15, 0.2) is 0 Å². The van der Waals surface area contributed by atoms with Crippen LogP contribution in [0.5, 0.6) is 5.75 Å². The Bertz CT molecular complexity index is 1060. The number of carboxylic acids is 1. The lowest BCUT2D eigenvalue weighted by Gasteiger charge is -2.39. The van der Waals surface area contributed by atoms with Gasteiger partial charge < -0.3 is 19.2 Å². The molecule has 0 aliphatic carbocycles. The van der Waals surface area contributed by atoms with Crippen molar-refractivity contribution in [1.29, 1.82) is 0 Å². The molecule has 4 rings (SSSR count). The molecule has 1 aliphatic heterocycles. The van der Waals surface area contributed by atoms with Crippen LogP contribution in [-0.2, 0) is 11.2 Å². The van der Waals surface area contributed by atoms with E-state index in [9.17, 15) is 9.90 Å². The Morgan fingerprint density at radius 2 is 2.18 bits per heavy atom. The lowest BCUT2D eigenvalue weighted by Crippen LogP contribution is -2.41. The molecule has 1 aliphatic rings. The number of carbonyl (C=O) groups is 1. The molecule has 6 nitrogen and oxygen atoms in total. The second-order valence-electron chi connectivity index (χ2n) is 9.09. The van der Waals surface area contributed by atoms with Crippen LogP contribution >= 0.6 is 11.8 Å². The van der Waals surface area contributed by atoms with E-state index in [0.717, 1.165) is 74.1 Å². The zero-order valence-corrected chi connectivity index (χ0v) is 20.6. The van der Waals surface area contributed by atoms with Crippen molar-refractivity contribution >= 4 is 28.6 Å². The van der Waals surface area contributed by atoms with E-state index in [2.05, 4.69) is 22.0 Å². The smallest absolute Gasteiger partial charge is 0.303 e. The number of nitrogens with zero attached hydrogens (tertiary/aromatic N) is 2. The lowest BCUT2D eigenvalue weighted by molar-refractivity contribution is -0.137. The maximum atomic E-state index is 11.3. The first-order chi connectivity index (χ1) is 16.6. The molecule has 1 saturated heterocycles. The van der Waals surface area contributed by atoms with Crippen molar-refractivity contribution in [2.24, 2.45) is 11.8 Å². The van der Waals surface area contributed by atoms with Crippen molar-refractivity contribution in [3.63, 3.8) is 0 Å². The van der Waals surface area contributed by atoms with Gasteiger partial charge in [0.05, 0.1) is 18.9 Å². The van der Waals surface area contributed by atoms with E-state index >= 15 is 0 Å². The molecule has 2 unspecified atom stereocenters. The predicted molar refractivity (Wildman–Crippen MR) is 136 cm³/mol. The van der Waals surface area contributed by atoms with E-state index in [-0.39, 0.29) is 6.42 Å². The van der Waals surface area contributed by atoms with Crippen molar-refractivity contribution in [1.82, 2.24) is 9.88 Å². The number of aromatic nitrogens is 1. The Morgan fingerprint density at radius 3 is 2.97 bits per heavy atom. The number of carboxylic acid groups (broad SMARTS) is 1. The first-order valence-electron chi connectivity index (χ1n) is 12.1. The van der Waals surface area contributed by atoms with Gasteiger partial charge >= 0.3 is 5.97 Å². The van der Waals surface area contributed by atoms with Crippen LogP contribution in [0.25, 0.3) is 10.9 Å². The standard InChI is InChI=1S/C27H34N2O4S/c1-32-23-6-7-26-25(17-23)21(9-12-28-26)4-2-3-20-10-13-29(18-22(20)5-8-27(30)31)14-16-34-24-11-15-33-19-24/h6-7,9,11-12,15,17,19-20,22H,2-5,8,10,13-14,16,18H2,1H3,(H,30,31). The molecule has 34 heavy (non-hydrogen) atoms. The third-order valence-corrected chi connectivity index (χ3v) is 7.89. The van der Waals surface area contributed by atoms with Crippen LogP contribution < -0.4 is 4.74 Å². The maximum Gasteiger partial charge on any atom is 0.303 e. The first-order valence-corrected chi connectivity index (χ1v) is 13.1. The monoisotopic (exact) mass is 482 g/mol. The average Bonchev–Trinajstić information content (AvgIpc) is 3.37. The minimum Gasteiger partial charge on any atom is -0.497 e. The molecular weight excluding hydrogens is 448 g/mol. The Labute approximate surface area is 205 Å². The molecular formula is C27H34N2O4S. The zero-order chi connectivity index (χ0) is 23.8. The summed E-state index contributed by atoms with van der Waals surface area (Å²) in [5, 5.41) is 10.4. The van der Waals surface area contributed by atoms with E-state index in [1.54, 1.807) is 19.6 Å². The minimum atomic E-state index is -0.691. The molecule has 3 heterocycles. The molecule has 1 fully saturated rings. The van der Waals surface area contributed by atoms with Gasteiger partial charge in [0.2, 0.25) is 0 Å². The summed E-state index contributed by atoms with van der Waals surface area (Å²) in [6.45, 7) is 3.12. The van der Waals surface area contributed by atoms with Gasteiger partial charge in [-0.25, -0.2) is 0 Å². The van der Waals surface area contributed by atoms with Crippen molar-refractivity contribution in [2.45, 2.75) is 43.4 Å². The van der Waals surface area contributed by atoms with Gasteiger partial charge in [-0.05, 0) is 86.4 Å². The van der Waals surface area contributed by atoms with Gasteiger partial charge in [-0.15, -0.1) is 11.8 Å². The van der Waals surface area contributed by atoms with E-state index in [4.69, 9.17) is 9.15 Å². The number of ether oxygens (including phenoxy) is 1. The third-order valence-electron chi connectivity index (χ3n) is 6.94. The minimum absolute atomic E-state index is 0.258. The normalized spacial score (nSPS) is 18.9. The first kappa shape index (κ1) is 24.6. The Morgan fingerprint density at radius 1 is 1.26 bits per heavy atom. The van der Waals surface area contributed by atoms with E-state index < -0.39 is 5.97 Å². The van der Waals surface area contributed by atoms with Gasteiger partial charge in [0.1, 0.15) is 12.0 Å². The van der Waals surface area contributed by atoms with Gasteiger partial charge in [-0.1, -0.05) is 0 Å². The number of thioether (sulfide) groups is 1. The molecule has 1 N–H and O–H groups in total. The van der Waals surface area contributed by atoms with E-state index in [0.29, 0.717) is 11.8 Å². The number of furan rings is 1. The number of hydrogen-bond donors (Lipinski definition) is 1. The van der Waals surface area contributed by atoms with Crippen molar-refractivity contribution in [2.75, 3.05) is 32.5 Å². The summed E-state index contributed by atoms with van der Waals surface area (Å²) in [7, 11) is 1.69. The Hall–Kier alpha value is -2.51. The quantitative estimate of drug-likeness (QED) is 0.329. The maximum absolute atomic E-state index is 11.3. The topological polar surface area (TPSA) is 75.8 Å². The molecule has 7 heteroatoms. The highest BCUT2D eigenvalue weighted by Crippen LogP contribution is 2.32. The number of methoxy groups -OCH3 is 1. The number of hydrogen-bond acceptors (Lipinski definition) is 6. The summed E-state index contributed by atoms with van der Waals surface area (Å²) in [5.41, 5.74) is 2.30. The lowest BCUT2D eigenvalue weighted by atomic mass is 9.79. The molecule has 0 spiro atoms. The second-order valence-corrected chi connectivity index (χ2v) is 10.3. The summed E-state index contributed by atoms with van der Waals surface area (Å²) in [6.07, 6.45) is 10.8. The largest absolute Gasteiger partial charge is 0.497 e. The summed E-state index contributed by atoms with van der Waals surface area (Å²) < 4.78 is 10.6. The SMILES string of the molecule is COc1ccc2nccc(CCCC3CCN(CCSc4ccoc4)CC3CCC(=O)O)c2c1. The van der Waals surface area contributed by atoms with Crippen LogP contribution in [0.3, 0.4) is 0 Å². The Kier molecular flexibility index (Phi) is 8.88.